The van der Waals surface area contributed by atoms with E-state index in [2.05, 4.69) is 0 Å². The van der Waals surface area contributed by atoms with E-state index in [4.69, 9.17) is 23.5 Å². The molecule has 0 saturated heterocycles. The molecule has 0 aromatic carbocycles. The Morgan fingerprint density at radius 2 is 1.48 bits per heavy atom. The summed E-state index contributed by atoms with van der Waals surface area (Å²) in [6, 6.07) is 0.716. The monoisotopic (exact) mass is 322 g/mol. The maximum absolute atomic E-state index is 10.9. The van der Waals surface area contributed by atoms with Crippen molar-refractivity contribution in [3.8, 4) is 0 Å². The summed E-state index contributed by atoms with van der Waals surface area (Å²) in [5, 5.41) is 17.6. The quantitative estimate of drug-likeness (QED) is 0.395. The number of rotatable bonds is 13. The van der Waals surface area contributed by atoms with Crippen LogP contribution in [0.1, 0.15) is 38.5 Å². The van der Waals surface area contributed by atoms with Crippen LogP contribution in [0.2, 0.25) is 6.04 Å². The van der Waals surface area contributed by atoms with Crippen molar-refractivity contribution in [2.75, 3.05) is 21.3 Å². The van der Waals surface area contributed by atoms with Crippen molar-refractivity contribution < 1.29 is 33.1 Å². The number of aliphatic carboxylic acids is 2. The number of carbonyl (C=O) groups is 2. The molecule has 0 aliphatic rings. The molecule has 0 radical (unpaired) electrons. The molecule has 0 aliphatic carbocycles. The van der Waals surface area contributed by atoms with Gasteiger partial charge >= 0.3 is 20.7 Å². The SMILES string of the molecule is CO[Si](CCCCCCC(CC(=O)O)C(=O)O)(OC)OC. The highest BCUT2D eigenvalue weighted by atomic mass is 28.4. The Labute approximate surface area is 126 Å². The lowest BCUT2D eigenvalue weighted by atomic mass is 9.98. The predicted octanol–water partition coefficient (Wildman–Crippen LogP) is 1.99. The summed E-state index contributed by atoms with van der Waals surface area (Å²) < 4.78 is 15.9. The van der Waals surface area contributed by atoms with Crippen LogP contribution >= 0.6 is 0 Å². The van der Waals surface area contributed by atoms with E-state index in [1.54, 1.807) is 21.3 Å². The number of hydrogen-bond acceptors (Lipinski definition) is 5. The maximum Gasteiger partial charge on any atom is 0.500 e. The average Bonchev–Trinajstić information content (AvgIpc) is 2.45. The highest BCUT2D eigenvalue weighted by molar-refractivity contribution is 6.60. The van der Waals surface area contributed by atoms with Crippen molar-refractivity contribution >= 4 is 20.7 Å². The van der Waals surface area contributed by atoms with Crippen molar-refractivity contribution in [3.63, 3.8) is 0 Å². The van der Waals surface area contributed by atoms with Crippen molar-refractivity contribution in [2.45, 2.75) is 44.6 Å². The van der Waals surface area contributed by atoms with Crippen LogP contribution in [-0.4, -0.2) is 52.3 Å². The number of hydrogen-bond donors (Lipinski definition) is 2. The van der Waals surface area contributed by atoms with Crippen molar-refractivity contribution in [3.05, 3.63) is 0 Å². The zero-order chi connectivity index (χ0) is 16.3. The first-order valence-electron chi connectivity index (χ1n) is 7.00. The molecule has 8 heteroatoms. The normalized spacial score (nSPS) is 13.1. The van der Waals surface area contributed by atoms with Crippen LogP contribution in [0.25, 0.3) is 0 Å². The molecule has 0 rings (SSSR count). The van der Waals surface area contributed by atoms with Crippen LogP contribution < -0.4 is 0 Å². The minimum absolute atomic E-state index is 0.317. The molecule has 0 aliphatic heterocycles. The summed E-state index contributed by atoms with van der Waals surface area (Å²) in [5.41, 5.74) is 0. The first-order valence-corrected chi connectivity index (χ1v) is 8.94. The molecule has 0 heterocycles. The standard InChI is InChI=1S/C13H26O7Si/c1-18-21(19-2,20-3)9-7-5-4-6-8-11(13(16)17)10-12(14)15/h11H,4-10H2,1-3H3,(H,14,15)(H,16,17). The highest BCUT2D eigenvalue weighted by Gasteiger charge is 2.36. The van der Waals surface area contributed by atoms with Gasteiger partial charge in [-0.25, -0.2) is 0 Å². The second kappa shape index (κ2) is 10.7. The van der Waals surface area contributed by atoms with E-state index in [-0.39, 0.29) is 6.42 Å². The number of carboxylic acids is 2. The molecule has 7 nitrogen and oxygen atoms in total. The van der Waals surface area contributed by atoms with Gasteiger partial charge in [0, 0.05) is 27.4 Å². The number of unbranched alkanes of at least 4 members (excludes halogenated alkanes) is 3. The lowest BCUT2D eigenvalue weighted by Gasteiger charge is -2.24. The van der Waals surface area contributed by atoms with Crippen molar-refractivity contribution in [1.29, 1.82) is 0 Å². The Hall–Kier alpha value is -0.963. The summed E-state index contributed by atoms with van der Waals surface area (Å²) in [5.74, 6) is -2.91. The van der Waals surface area contributed by atoms with Crippen LogP contribution in [0.4, 0.5) is 0 Å². The van der Waals surface area contributed by atoms with E-state index < -0.39 is 26.7 Å². The average molecular weight is 322 g/mol. The second-order valence-electron chi connectivity index (χ2n) is 4.88. The molecular formula is C13H26O7Si. The first kappa shape index (κ1) is 20.0. The molecule has 1 atom stereocenters. The van der Waals surface area contributed by atoms with Gasteiger partial charge in [-0.05, 0) is 12.8 Å². The molecule has 0 bridgehead atoms. The van der Waals surface area contributed by atoms with Gasteiger partial charge in [-0.2, -0.15) is 0 Å². The van der Waals surface area contributed by atoms with Gasteiger partial charge in [0.15, 0.2) is 0 Å². The van der Waals surface area contributed by atoms with Crippen LogP contribution in [0.5, 0.6) is 0 Å². The Morgan fingerprint density at radius 3 is 1.90 bits per heavy atom. The molecule has 21 heavy (non-hydrogen) atoms. The van der Waals surface area contributed by atoms with Crippen LogP contribution in [0.3, 0.4) is 0 Å². The van der Waals surface area contributed by atoms with Crippen molar-refractivity contribution in [2.24, 2.45) is 5.92 Å². The lowest BCUT2D eigenvalue weighted by Crippen LogP contribution is -2.42. The molecule has 1 unspecified atom stereocenters. The van der Waals surface area contributed by atoms with Crippen LogP contribution in [0.15, 0.2) is 0 Å². The zero-order valence-corrected chi connectivity index (χ0v) is 14.0. The Bertz CT molecular complexity index is 309. The zero-order valence-electron chi connectivity index (χ0n) is 13.0. The van der Waals surface area contributed by atoms with Crippen molar-refractivity contribution in [1.82, 2.24) is 0 Å². The van der Waals surface area contributed by atoms with Gasteiger partial charge in [-0.1, -0.05) is 19.3 Å². The Kier molecular flexibility index (Phi) is 10.2. The van der Waals surface area contributed by atoms with Crippen LogP contribution in [-0.2, 0) is 22.9 Å². The summed E-state index contributed by atoms with van der Waals surface area (Å²) in [4.78, 5) is 21.5. The summed E-state index contributed by atoms with van der Waals surface area (Å²) >= 11 is 0. The maximum atomic E-state index is 10.9. The number of carboxylic acid groups (broad SMARTS) is 2. The molecule has 0 amide bonds. The van der Waals surface area contributed by atoms with E-state index in [1.807, 2.05) is 0 Å². The van der Waals surface area contributed by atoms with E-state index in [1.165, 1.54) is 0 Å². The molecule has 0 aromatic rings. The van der Waals surface area contributed by atoms with E-state index >= 15 is 0 Å². The third-order valence-corrected chi connectivity index (χ3v) is 6.32. The largest absolute Gasteiger partial charge is 0.500 e. The van der Waals surface area contributed by atoms with Gasteiger partial charge < -0.3 is 23.5 Å². The summed E-state index contributed by atoms with van der Waals surface area (Å²) in [7, 11) is 2.21. The van der Waals surface area contributed by atoms with E-state index in [0.717, 1.165) is 19.3 Å². The molecule has 0 spiro atoms. The van der Waals surface area contributed by atoms with Gasteiger partial charge in [-0.15, -0.1) is 0 Å². The highest BCUT2D eigenvalue weighted by Crippen LogP contribution is 2.19. The first-order chi connectivity index (χ1) is 9.90. The molecule has 2 N–H and O–H groups in total. The van der Waals surface area contributed by atoms with Gasteiger partial charge in [0.2, 0.25) is 0 Å². The smallest absolute Gasteiger partial charge is 0.481 e. The van der Waals surface area contributed by atoms with Crippen LogP contribution in [0, 0.1) is 5.92 Å². The lowest BCUT2D eigenvalue weighted by molar-refractivity contribution is -0.148. The summed E-state index contributed by atoms with van der Waals surface area (Å²) in [6.07, 6.45) is 3.41. The third-order valence-electron chi connectivity index (χ3n) is 3.49. The molecule has 0 aromatic heterocycles. The minimum Gasteiger partial charge on any atom is -0.481 e. The van der Waals surface area contributed by atoms with Gasteiger partial charge in [0.05, 0.1) is 12.3 Å². The fourth-order valence-electron chi connectivity index (χ4n) is 2.17. The summed E-state index contributed by atoms with van der Waals surface area (Å²) in [6.45, 7) is 0. The molecule has 124 valence electrons. The van der Waals surface area contributed by atoms with E-state index in [0.29, 0.717) is 18.9 Å². The fraction of sp³-hybridized carbons (Fsp3) is 0.846. The Morgan fingerprint density at radius 1 is 0.952 bits per heavy atom. The predicted molar refractivity (Wildman–Crippen MR) is 78.1 cm³/mol. The topological polar surface area (TPSA) is 102 Å². The Balaban J connectivity index is 3.89. The van der Waals surface area contributed by atoms with Gasteiger partial charge in [-0.3, -0.25) is 9.59 Å². The van der Waals surface area contributed by atoms with Gasteiger partial charge in [0.25, 0.3) is 0 Å². The molecule has 0 fully saturated rings. The molecular weight excluding hydrogens is 296 g/mol. The minimum atomic E-state index is -2.51. The van der Waals surface area contributed by atoms with Gasteiger partial charge in [0.1, 0.15) is 0 Å². The third kappa shape index (κ3) is 8.15. The second-order valence-corrected chi connectivity index (χ2v) is 7.97. The fourth-order valence-corrected chi connectivity index (χ4v) is 3.96. The van der Waals surface area contributed by atoms with E-state index in [9.17, 15) is 9.59 Å². The molecule has 0 saturated carbocycles.